The average molecular weight is 509 g/mol. The van der Waals surface area contributed by atoms with Gasteiger partial charge in [0, 0.05) is 43.4 Å². The number of hydrogen-bond acceptors (Lipinski definition) is 3. The Labute approximate surface area is 225 Å². The number of amides is 1. The third-order valence-corrected chi connectivity index (χ3v) is 8.39. The highest BCUT2D eigenvalue weighted by Crippen LogP contribution is 2.30. The molecule has 0 saturated carbocycles. The van der Waals surface area contributed by atoms with E-state index < -0.39 is 0 Å². The van der Waals surface area contributed by atoms with E-state index >= 15 is 0 Å². The zero-order valence-electron chi connectivity index (χ0n) is 22.1. The number of fused-ring (bicyclic) bond motifs is 1. The Morgan fingerprint density at radius 1 is 0.784 bits per heavy atom. The molecule has 1 fully saturated rings. The number of benzene rings is 4. The van der Waals surface area contributed by atoms with Crippen molar-refractivity contribution in [1.82, 2.24) is 9.80 Å². The molecule has 4 aromatic rings. The van der Waals surface area contributed by atoms with Gasteiger partial charge in [-0.2, -0.15) is 0 Å². The fourth-order valence-corrected chi connectivity index (χ4v) is 6.04. The highest BCUT2D eigenvalue weighted by atomic mass is 32.2. The fourth-order valence-electron chi connectivity index (χ4n) is 4.99. The molecule has 1 saturated heterocycles. The van der Waals surface area contributed by atoms with Crippen molar-refractivity contribution in [2.45, 2.75) is 43.4 Å². The molecule has 0 radical (unpaired) electrons. The minimum Gasteiger partial charge on any atom is -0.336 e. The summed E-state index contributed by atoms with van der Waals surface area (Å²) in [6.45, 7) is 11.0. The molecule has 1 aliphatic rings. The van der Waals surface area contributed by atoms with Crippen molar-refractivity contribution in [1.29, 1.82) is 0 Å². The number of carbonyl (C=O) groups is 1. The largest absolute Gasteiger partial charge is 0.336 e. The van der Waals surface area contributed by atoms with Gasteiger partial charge < -0.3 is 4.90 Å². The molecule has 0 aliphatic carbocycles. The molecule has 0 unspecified atom stereocenters. The number of piperazine rings is 1. The molecule has 0 N–H and O–H groups in total. The Bertz CT molecular complexity index is 1360. The predicted octanol–water partition coefficient (Wildman–Crippen LogP) is 7.39. The maximum Gasteiger partial charge on any atom is 0.255 e. The predicted molar refractivity (Wildman–Crippen MR) is 156 cm³/mol. The summed E-state index contributed by atoms with van der Waals surface area (Å²) in [5.74, 6) is 0.989. The Morgan fingerprint density at radius 2 is 1.46 bits per heavy atom. The van der Waals surface area contributed by atoms with Crippen molar-refractivity contribution >= 4 is 28.4 Å². The normalized spacial score (nSPS) is 14.7. The second-order valence-electron chi connectivity index (χ2n) is 10.9. The molecule has 1 heterocycles. The van der Waals surface area contributed by atoms with E-state index in [0.717, 1.165) is 48.9 Å². The van der Waals surface area contributed by atoms with Crippen molar-refractivity contribution in [3.05, 3.63) is 113 Å². The zero-order valence-corrected chi connectivity index (χ0v) is 22.9. The second-order valence-corrected chi connectivity index (χ2v) is 12.0. The lowest BCUT2D eigenvalue weighted by molar-refractivity contribution is 0.0625. The van der Waals surface area contributed by atoms with Gasteiger partial charge in [0.15, 0.2) is 0 Å². The van der Waals surface area contributed by atoms with E-state index in [1.807, 2.05) is 23.1 Å². The van der Waals surface area contributed by atoms with Crippen LogP contribution in [0.4, 0.5) is 0 Å². The van der Waals surface area contributed by atoms with Gasteiger partial charge in [-0.1, -0.05) is 99.6 Å². The summed E-state index contributed by atoms with van der Waals surface area (Å²) in [6.07, 6.45) is 0. The maximum atomic E-state index is 13.5. The molecular formula is C33H36N2OS. The molecule has 1 aliphatic heterocycles. The van der Waals surface area contributed by atoms with Crippen LogP contribution in [-0.2, 0) is 17.7 Å². The highest BCUT2D eigenvalue weighted by molar-refractivity contribution is 7.98. The number of carbonyl (C=O) groups excluding carboxylic acids is 1. The van der Waals surface area contributed by atoms with Crippen LogP contribution in [0.15, 0.2) is 95.9 Å². The van der Waals surface area contributed by atoms with Crippen LogP contribution in [0.5, 0.6) is 0 Å². The smallest absolute Gasteiger partial charge is 0.255 e. The van der Waals surface area contributed by atoms with Crippen LogP contribution in [0.2, 0.25) is 0 Å². The van der Waals surface area contributed by atoms with Crippen molar-refractivity contribution in [2.24, 2.45) is 0 Å². The van der Waals surface area contributed by atoms with Gasteiger partial charge in [0.25, 0.3) is 5.91 Å². The van der Waals surface area contributed by atoms with Gasteiger partial charge in [-0.15, -0.1) is 11.8 Å². The van der Waals surface area contributed by atoms with Crippen LogP contribution >= 0.6 is 11.8 Å². The minimum absolute atomic E-state index is 0.148. The number of thioether (sulfide) groups is 1. The summed E-state index contributed by atoms with van der Waals surface area (Å²) in [5.41, 5.74) is 4.99. The van der Waals surface area contributed by atoms with Crippen molar-refractivity contribution in [3.63, 3.8) is 0 Å². The summed E-state index contributed by atoms with van der Waals surface area (Å²) in [4.78, 5) is 19.1. The lowest BCUT2D eigenvalue weighted by atomic mass is 9.87. The molecule has 4 heteroatoms. The summed E-state index contributed by atoms with van der Waals surface area (Å²) in [5, 5.41) is 2.54. The Hall–Kier alpha value is -3.08. The van der Waals surface area contributed by atoms with E-state index in [9.17, 15) is 4.79 Å². The monoisotopic (exact) mass is 508 g/mol. The van der Waals surface area contributed by atoms with Crippen molar-refractivity contribution < 1.29 is 4.79 Å². The number of nitrogens with zero attached hydrogens (tertiary/aromatic N) is 2. The van der Waals surface area contributed by atoms with Gasteiger partial charge >= 0.3 is 0 Å². The lowest BCUT2D eigenvalue weighted by Gasteiger charge is -2.35. The Balaban J connectivity index is 1.20. The van der Waals surface area contributed by atoms with Gasteiger partial charge in [0.2, 0.25) is 0 Å². The fraction of sp³-hybridized carbons (Fsp3) is 0.303. The molecule has 0 spiro atoms. The van der Waals surface area contributed by atoms with Gasteiger partial charge in [0.05, 0.1) is 5.56 Å². The van der Waals surface area contributed by atoms with Crippen LogP contribution in [0.3, 0.4) is 0 Å². The van der Waals surface area contributed by atoms with Gasteiger partial charge in [0.1, 0.15) is 0 Å². The zero-order chi connectivity index (χ0) is 25.8. The first-order valence-electron chi connectivity index (χ1n) is 13.2. The van der Waals surface area contributed by atoms with Gasteiger partial charge in [-0.05, 0) is 45.0 Å². The van der Waals surface area contributed by atoms with Gasteiger partial charge in [-0.25, -0.2) is 0 Å². The third kappa shape index (κ3) is 6.08. The van der Waals surface area contributed by atoms with Crippen LogP contribution in [0.25, 0.3) is 10.8 Å². The topological polar surface area (TPSA) is 23.6 Å². The standard InChI is InChI=1S/C33H36N2OS/c1-33(2,3)28-17-15-25(16-18-28)23-34-19-21-35(22-20-34)32(36)30-13-6-7-14-31(30)37-24-27-11-8-10-26-9-4-5-12-29(26)27/h4-18H,19-24H2,1-3H3. The SMILES string of the molecule is CC(C)(C)c1ccc(CN2CCN(C(=O)c3ccccc3SCc3cccc4ccccc34)CC2)cc1. The van der Waals surface area contributed by atoms with E-state index in [4.69, 9.17) is 0 Å². The summed E-state index contributed by atoms with van der Waals surface area (Å²) in [7, 11) is 0. The molecular weight excluding hydrogens is 472 g/mol. The first-order valence-corrected chi connectivity index (χ1v) is 14.2. The molecule has 4 aromatic carbocycles. The van der Waals surface area contributed by atoms with Crippen LogP contribution in [0.1, 0.15) is 47.8 Å². The average Bonchev–Trinajstić information content (AvgIpc) is 2.92. The van der Waals surface area contributed by atoms with E-state index in [1.54, 1.807) is 11.8 Å². The number of rotatable bonds is 6. The van der Waals surface area contributed by atoms with E-state index in [1.165, 1.54) is 27.5 Å². The molecule has 0 bridgehead atoms. The van der Waals surface area contributed by atoms with Crippen LogP contribution in [-0.4, -0.2) is 41.9 Å². The quantitative estimate of drug-likeness (QED) is 0.254. The van der Waals surface area contributed by atoms with E-state index in [-0.39, 0.29) is 11.3 Å². The third-order valence-electron chi connectivity index (χ3n) is 7.27. The molecule has 190 valence electrons. The first kappa shape index (κ1) is 25.6. The summed E-state index contributed by atoms with van der Waals surface area (Å²) < 4.78 is 0. The molecule has 0 aromatic heterocycles. The van der Waals surface area contributed by atoms with Crippen molar-refractivity contribution in [2.75, 3.05) is 26.2 Å². The maximum absolute atomic E-state index is 13.5. The highest BCUT2D eigenvalue weighted by Gasteiger charge is 2.24. The molecule has 1 amide bonds. The van der Waals surface area contributed by atoms with Gasteiger partial charge in [-0.3, -0.25) is 9.69 Å². The summed E-state index contributed by atoms with van der Waals surface area (Å²) in [6, 6.07) is 32.1. The molecule has 0 atom stereocenters. The van der Waals surface area contributed by atoms with Crippen LogP contribution in [0, 0.1) is 0 Å². The minimum atomic E-state index is 0.148. The Morgan fingerprint density at radius 3 is 2.22 bits per heavy atom. The van der Waals surface area contributed by atoms with E-state index in [2.05, 4.69) is 98.5 Å². The first-order chi connectivity index (χ1) is 17.9. The summed E-state index contributed by atoms with van der Waals surface area (Å²) >= 11 is 1.75. The molecule has 3 nitrogen and oxygen atoms in total. The molecule has 5 rings (SSSR count). The second kappa shape index (κ2) is 11.1. The van der Waals surface area contributed by atoms with Crippen molar-refractivity contribution in [3.8, 4) is 0 Å². The molecule has 37 heavy (non-hydrogen) atoms. The van der Waals surface area contributed by atoms with E-state index in [0.29, 0.717) is 0 Å². The lowest BCUT2D eigenvalue weighted by Crippen LogP contribution is -2.48. The van der Waals surface area contributed by atoms with Crippen LogP contribution < -0.4 is 0 Å². The number of hydrogen-bond donors (Lipinski definition) is 0. The Kier molecular flexibility index (Phi) is 7.68.